The summed E-state index contributed by atoms with van der Waals surface area (Å²) in [7, 11) is 0. The maximum Gasteiger partial charge on any atom is 0.222 e. The van der Waals surface area contributed by atoms with Crippen molar-refractivity contribution < 1.29 is 9.53 Å². The average Bonchev–Trinajstić information content (AvgIpc) is 2.87. The first-order valence-electron chi connectivity index (χ1n) is 7.46. The van der Waals surface area contributed by atoms with Gasteiger partial charge < -0.3 is 10.1 Å². The number of rotatable bonds is 7. The summed E-state index contributed by atoms with van der Waals surface area (Å²) in [4.78, 5) is 13.5. The van der Waals surface area contributed by atoms with Crippen molar-refractivity contribution in [3.05, 3.63) is 23.9 Å². The number of hydrogen-bond acceptors (Lipinski definition) is 4. The van der Waals surface area contributed by atoms with Crippen LogP contribution in [0.2, 0.25) is 0 Å². The second kappa shape index (κ2) is 7.95. The second-order valence-electron chi connectivity index (χ2n) is 5.17. The number of hydrogen-bond donors (Lipinski definition) is 1. The number of amides is 1. The fourth-order valence-corrected chi connectivity index (χ4v) is 2.38. The molecule has 0 radical (unpaired) electrons. The van der Waals surface area contributed by atoms with E-state index in [4.69, 9.17) is 4.74 Å². The van der Waals surface area contributed by atoms with Crippen molar-refractivity contribution in [1.29, 1.82) is 0 Å². The molecule has 1 aromatic heterocycles. The Hall–Kier alpha value is -1.66. The van der Waals surface area contributed by atoms with Gasteiger partial charge in [0.25, 0.3) is 0 Å². The average molecular weight is 292 g/mol. The van der Waals surface area contributed by atoms with Crippen LogP contribution in [-0.2, 0) is 16.1 Å². The van der Waals surface area contributed by atoms with E-state index >= 15 is 0 Å². The molecule has 0 aliphatic carbocycles. The molecule has 116 valence electrons. The standard InChI is InChI=1S/C15H24N4O2/c1-3-21-11-10-18-8-5-14(6-9-18)12-19-15(4-7-16-19)17-13(2)20/h4-5,7H,3,6,8-12H2,1-2H3,(H,17,20). The van der Waals surface area contributed by atoms with Crippen LogP contribution in [0.25, 0.3) is 0 Å². The van der Waals surface area contributed by atoms with E-state index in [1.165, 1.54) is 12.5 Å². The van der Waals surface area contributed by atoms with Crippen molar-refractivity contribution in [3.63, 3.8) is 0 Å². The molecular formula is C15H24N4O2. The summed E-state index contributed by atoms with van der Waals surface area (Å²) in [6.07, 6.45) is 5.00. The maximum absolute atomic E-state index is 11.1. The molecule has 1 aliphatic heterocycles. The van der Waals surface area contributed by atoms with Gasteiger partial charge in [0.1, 0.15) is 5.82 Å². The molecule has 0 bridgehead atoms. The molecule has 0 spiro atoms. The summed E-state index contributed by atoms with van der Waals surface area (Å²) in [6.45, 7) is 8.83. The van der Waals surface area contributed by atoms with Gasteiger partial charge in [-0.05, 0) is 13.3 Å². The molecule has 1 amide bonds. The Balaban J connectivity index is 1.84. The zero-order valence-corrected chi connectivity index (χ0v) is 12.8. The van der Waals surface area contributed by atoms with E-state index in [0.717, 1.165) is 51.6 Å². The fraction of sp³-hybridized carbons (Fsp3) is 0.600. The lowest BCUT2D eigenvalue weighted by Crippen LogP contribution is -2.32. The molecule has 6 heteroatoms. The monoisotopic (exact) mass is 292 g/mol. The molecule has 1 aromatic rings. The highest BCUT2D eigenvalue weighted by Crippen LogP contribution is 2.15. The minimum absolute atomic E-state index is 0.0727. The molecule has 6 nitrogen and oxygen atoms in total. The van der Waals surface area contributed by atoms with E-state index in [2.05, 4.69) is 21.4 Å². The summed E-state index contributed by atoms with van der Waals surface area (Å²) in [5.74, 6) is 0.679. The summed E-state index contributed by atoms with van der Waals surface area (Å²) in [5.41, 5.74) is 1.36. The van der Waals surface area contributed by atoms with Crippen molar-refractivity contribution in [2.24, 2.45) is 0 Å². The molecule has 21 heavy (non-hydrogen) atoms. The van der Waals surface area contributed by atoms with Gasteiger partial charge in [-0.1, -0.05) is 11.6 Å². The summed E-state index contributed by atoms with van der Waals surface area (Å²) in [6, 6.07) is 1.82. The zero-order chi connectivity index (χ0) is 15.1. The molecule has 0 saturated carbocycles. The van der Waals surface area contributed by atoms with Crippen molar-refractivity contribution >= 4 is 11.7 Å². The van der Waals surface area contributed by atoms with Gasteiger partial charge in [-0.3, -0.25) is 9.69 Å². The van der Waals surface area contributed by atoms with E-state index in [1.807, 2.05) is 17.7 Å². The minimum Gasteiger partial charge on any atom is -0.380 e. The first-order valence-corrected chi connectivity index (χ1v) is 7.46. The van der Waals surface area contributed by atoms with E-state index in [0.29, 0.717) is 0 Å². The van der Waals surface area contributed by atoms with Crippen molar-refractivity contribution in [1.82, 2.24) is 14.7 Å². The number of ether oxygens (including phenoxy) is 1. The van der Waals surface area contributed by atoms with Gasteiger partial charge in [0.05, 0.1) is 19.3 Å². The highest BCUT2D eigenvalue weighted by atomic mass is 16.5. The zero-order valence-electron chi connectivity index (χ0n) is 12.8. The largest absolute Gasteiger partial charge is 0.380 e. The predicted octanol–water partition coefficient (Wildman–Crippen LogP) is 1.51. The number of carbonyl (C=O) groups excluding carboxylic acids is 1. The third kappa shape index (κ3) is 4.99. The third-order valence-corrected chi connectivity index (χ3v) is 3.52. The van der Waals surface area contributed by atoms with Crippen LogP contribution in [0.5, 0.6) is 0 Å². The van der Waals surface area contributed by atoms with Crippen LogP contribution in [0.4, 0.5) is 5.82 Å². The van der Waals surface area contributed by atoms with Crippen LogP contribution in [0, 0.1) is 0 Å². The van der Waals surface area contributed by atoms with E-state index in [9.17, 15) is 4.79 Å². The van der Waals surface area contributed by atoms with Crippen molar-refractivity contribution in [2.75, 3.05) is 38.2 Å². The Morgan fingerprint density at radius 1 is 1.52 bits per heavy atom. The molecule has 2 heterocycles. The Morgan fingerprint density at radius 2 is 2.38 bits per heavy atom. The normalized spacial score (nSPS) is 15.8. The van der Waals surface area contributed by atoms with E-state index < -0.39 is 0 Å². The third-order valence-electron chi connectivity index (χ3n) is 3.52. The molecule has 0 aromatic carbocycles. The lowest BCUT2D eigenvalue weighted by Gasteiger charge is -2.26. The Bertz CT molecular complexity index is 496. The van der Waals surface area contributed by atoms with Crippen LogP contribution < -0.4 is 5.32 Å². The van der Waals surface area contributed by atoms with Crippen LogP contribution >= 0.6 is 0 Å². The number of carbonyl (C=O) groups is 1. The molecule has 2 rings (SSSR count). The second-order valence-corrected chi connectivity index (χ2v) is 5.17. The number of aromatic nitrogens is 2. The molecule has 0 atom stereocenters. The molecular weight excluding hydrogens is 268 g/mol. The van der Waals surface area contributed by atoms with Gasteiger partial charge in [-0.15, -0.1) is 0 Å². The molecule has 0 fully saturated rings. The maximum atomic E-state index is 11.1. The van der Waals surface area contributed by atoms with Crippen LogP contribution in [-0.4, -0.2) is 53.4 Å². The molecule has 1 aliphatic rings. The molecule has 0 saturated heterocycles. The lowest BCUT2D eigenvalue weighted by atomic mass is 10.1. The van der Waals surface area contributed by atoms with Gasteiger partial charge in [0.15, 0.2) is 0 Å². The Labute approximate surface area is 125 Å². The predicted molar refractivity (Wildman–Crippen MR) is 82.2 cm³/mol. The van der Waals surface area contributed by atoms with Gasteiger partial charge >= 0.3 is 0 Å². The Morgan fingerprint density at radius 3 is 3.05 bits per heavy atom. The van der Waals surface area contributed by atoms with E-state index in [-0.39, 0.29) is 5.91 Å². The van der Waals surface area contributed by atoms with E-state index in [1.54, 1.807) is 6.20 Å². The van der Waals surface area contributed by atoms with Crippen LogP contribution in [0.15, 0.2) is 23.9 Å². The Kier molecular flexibility index (Phi) is 5.95. The number of anilines is 1. The van der Waals surface area contributed by atoms with Crippen LogP contribution in [0.1, 0.15) is 20.3 Å². The highest BCUT2D eigenvalue weighted by molar-refractivity contribution is 5.87. The van der Waals surface area contributed by atoms with Crippen molar-refractivity contribution in [2.45, 2.75) is 26.8 Å². The van der Waals surface area contributed by atoms with Crippen LogP contribution in [0.3, 0.4) is 0 Å². The minimum atomic E-state index is -0.0727. The number of nitrogens with zero attached hydrogens (tertiary/aromatic N) is 3. The summed E-state index contributed by atoms with van der Waals surface area (Å²) in [5, 5.41) is 7.06. The number of nitrogens with one attached hydrogen (secondary N) is 1. The quantitative estimate of drug-likeness (QED) is 0.611. The van der Waals surface area contributed by atoms with Gasteiger partial charge in [-0.2, -0.15) is 5.10 Å². The van der Waals surface area contributed by atoms with Gasteiger partial charge in [0, 0.05) is 39.2 Å². The first-order chi connectivity index (χ1) is 10.2. The first kappa shape index (κ1) is 15.7. The van der Waals surface area contributed by atoms with Gasteiger partial charge in [0.2, 0.25) is 5.91 Å². The summed E-state index contributed by atoms with van der Waals surface area (Å²) < 4.78 is 7.22. The molecule has 0 unspecified atom stereocenters. The molecule has 1 N–H and O–H groups in total. The fourth-order valence-electron chi connectivity index (χ4n) is 2.38. The van der Waals surface area contributed by atoms with Crippen molar-refractivity contribution in [3.8, 4) is 0 Å². The van der Waals surface area contributed by atoms with Gasteiger partial charge in [-0.25, -0.2) is 4.68 Å². The SMILES string of the molecule is CCOCCN1CC=C(Cn2nccc2NC(C)=O)CC1. The smallest absolute Gasteiger partial charge is 0.222 e. The lowest BCUT2D eigenvalue weighted by molar-refractivity contribution is -0.114. The summed E-state index contributed by atoms with van der Waals surface area (Å²) >= 11 is 0. The highest BCUT2D eigenvalue weighted by Gasteiger charge is 2.13. The topological polar surface area (TPSA) is 59.4 Å².